The second-order valence-electron chi connectivity index (χ2n) is 4.64. The van der Waals surface area contributed by atoms with Gasteiger partial charge in [-0.25, -0.2) is 8.42 Å². The summed E-state index contributed by atoms with van der Waals surface area (Å²) in [4.78, 5) is 12.8. The molecule has 130 valence electrons. The topological polar surface area (TPSA) is 105 Å². The minimum absolute atomic E-state index is 0.109. The lowest BCUT2D eigenvalue weighted by Crippen LogP contribution is -2.22. The van der Waals surface area contributed by atoms with Gasteiger partial charge in [-0.1, -0.05) is 0 Å². The molecule has 0 saturated carbocycles. The van der Waals surface area contributed by atoms with Gasteiger partial charge in [0.15, 0.2) is 11.5 Å². The summed E-state index contributed by atoms with van der Waals surface area (Å²) in [6, 6.07) is 5.04. The van der Waals surface area contributed by atoms with E-state index in [0.717, 1.165) is 0 Å². The lowest BCUT2D eigenvalue weighted by Gasteiger charge is -2.18. The third-order valence-corrected chi connectivity index (χ3v) is 3.64. The summed E-state index contributed by atoms with van der Waals surface area (Å²) in [6.07, 6.45) is 0. The Morgan fingerprint density at radius 2 is 1.91 bits per heavy atom. The van der Waals surface area contributed by atoms with E-state index >= 15 is 0 Å². The smallest absolute Gasteiger partial charge is 0.223 e. The van der Waals surface area contributed by atoms with Gasteiger partial charge in [0.2, 0.25) is 5.91 Å². The molecule has 0 heterocycles. The molecular weight excluding hydrogens is 326 g/mol. The van der Waals surface area contributed by atoms with Crippen LogP contribution in [0, 0.1) is 0 Å². The van der Waals surface area contributed by atoms with Crippen LogP contribution < -0.4 is 14.4 Å². The number of methoxy groups -OCH3 is 1. The Labute approximate surface area is 135 Å². The van der Waals surface area contributed by atoms with Gasteiger partial charge < -0.3 is 23.7 Å². The number of carbonyl (C=O) groups is 1. The SMILES string of the molecule is COc1cc(N(C)C(C)=O)ccc1OCCOCCS(=O)(=O)[O-]. The van der Waals surface area contributed by atoms with E-state index in [-0.39, 0.29) is 25.7 Å². The summed E-state index contributed by atoms with van der Waals surface area (Å²) >= 11 is 0. The van der Waals surface area contributed by atoms with Crippen molar-refractivity contribution < 1.29 is 32.0 Å². The van der Waals surface area contributed by atoms with Crippen molar-refractivity contribution in [1.29, 1.82) is 0 Å². The molecule has 1 amide bonds. The number of rotatable bonds is 9. The minimum atomic E-state index is -4.26. The third-order valence-electron chi connectivity index (χ3n) is 2.97. The Kier molecular flexibility index (Phi) is 7.27. The molecule has 0 aliphatic carbocycles. The Bertz CT molecular complexity index is 630. The van der Waals surface area contributed by atoms with Crippen LogP contribution in [0.3, 0.4) is 0 Å². The normalized spacial score (nSPS) is 11.1. The molecule has 8 nitrogen and oxygen atoms in total. The van der Waals surface area contributed by atoms with Crippen LogP contribution >= 0.6 is 0 Å². The molecule has 0 unspecified atom stereocenters. The first-order chi connectivity index (χ1) is 10.7. The number of amides is 1. The predicted octanol–water partition coefficient (Wildman–Crippen LogP) is 0.619. The maximum absolute atomic E-state index is 11.3. The number of anilines is 1. The summed E-state index contributed by atoms with van der Waals surface area (Å²) in [5.74, 6) is 0.246. The average molecular weight is 346 g/mol. The second kappa shape index (κ2) is 8.70. The molecule has 1 aromatic rings. The van der Waals surface area contributed by atoms with Crippen LogP contribution in [0.1, 0.15) is 6.92 Å². The monoisotopic (exact) mass is 346 g/mol. The summed E-state index contributed by atoms with van der Waals surface area (Å²) in [6.45, 7) is 1.58. The molecule has 0 N–H and O–H groups in total. The molecular formula is C14H20NO7S-. The predicted molar refractivity (Wildman–Crippen MR) is 83.0 cm³/mol. The van der Waals surface area contributed by atoms with Gasteiger partial charge in [0.1, 0.15) is 6.61 Å². The minimum Gasteiger partial charge on any atom is -0.748 e. The maximum Gasteiger partial charge on any atom is 0.223 e. The van der Waals surface area contributed by atoms with Crippen molar-refractivity contribution in [1.82, 2.24) is 0 Å². The Morgan fingerprint density at radius 3 is 2.48 bits per heavy atom. The van der Waals surface area contributed by atoms with Gasteiger partial charge in [0.25, 0.3) is 0 Å². The first-order valence-corrected chi connectivity index (χ1v) is 8.39. The highest BCUT2D eigenvalue weighted by molar-refractivity contribution is 7.85. The second-order valence-corrected chi connectivity index (χ2v) is 6.16. The van der Waals surface area contributed by atoms with Crippen LogP contribution in [0.2, 0.25) is 0 Å². The van der Waals surface area contributed by atoms with Crippen LogP contribution in [0.4, 0.5) is 5.69 Å². The zero-order valence-corrected chi connectivity index (χ0v) is 14.1. The highest BCUT2D eigenvalue weighted by Gasteiger charge is 2.10. The lowest BCUT2D eigenvalue weighted by atomic mass is 10.2. The highest BCUT2D eigenvalue weighted by Crippen LogP contribution is 2.31. The molecule has 0 aromatic heterocycles. The van der Waals surface area contributed by atoms with E-state index in [1.165, 1.54) is 18.9 Å². The van der Waals surface area contributed by atoms with Crippen LogP contribution in [0.5, 0.6) is 11.5 Å². The molecule has 1 aromatic carbocycles. The van der Waals surface area contributed by atoms with Crippen molar-refractivity contribution in [3.8, 4) is 11.5 Å². The van der Waals surface area contributed by atoms with Gasteiger partial charge >= 0.3 is 0 Å². The number of carbonyl (C=O) groups excluding carboxylic acids is 1. The fourth-order valence-corrected chi connectivity index (χ4v) is 1.96. The first-order valence-electron chi connectivity index (χ1n) is 6.81. The van der Waals surface area contributed by atoms with E-state index in [1.54, 1.807) is 25.2 Å². The van der Waals surface area contributed by atoms with Crippen molar-refractivity contribution in [3.05, 3.63) is 18.2 Å². The molecule has 0 fully saturated rings. The summed E-state index contributed by atoms with van der Waals surface area (Å²) < 4.78 is 46.9. The third kappa shape index (κ3) is 6.85. The van der Waals surface area contributed by atoms with E-state index < -0.39 is 15.9 Å². The van der Waals surface area contributed by atoms with Gasteiger partial charge in [0, 0.05) is 25.7 Å². The molecule has 0 atom stereocenters. The van der Waals surface area contributed by atoms with E-state index in [4.69, 9.17) is 14.2 Å². The standard InChI is InChI=1S/C14H21NO7S/c1-11(16)15(2)12-4-5-13(14(10-12)20-3)22-7-6-21-8-9-23(17,18)19/h4-5,10H,6-9H2,1-3H3,(H,17,18,19)/p-1. The quantitative estimate of drug-likeness (QED) is 0.477. The fraction of sp³-hybridized carbons (Fsp3) is 0.500. The maximum atomic E-state index is 11.3. The van der Waals surface area contributed by atoms with Crippen LogP contribution in [-0.4, -0.2) is 58.6 Å². The summed E-state index contributed by atoms with van der Waals surface area (Å²) in [5.41, 5.74) is 0.665. The molecule has 0 saturated heterocycles. The molecule has 23 heavy (non-hydrogen) atoms. The number of benzene rings is 1. The number of ether oxygens (including phenoxy) is 3. The van der Waals surface area contributed by atoms with Gasteiger partial charge in [-0.05, 0) is 12.1 Å². The van der Waals surface area contributed by atoms with E-state index in [2.05, 4.69) is 0 Å². The molecule has 0 bridgehead atoms. The Balaban J connectivity index is 2.52. The lowest BCUT2D eigenvalue weighted by molar-refractivity contribution is -0.116. The number of hydrogen-bond donors (Lipinski definition) is 0. The van der Waals surface area contributed by atoms with Crippen molar-refractivity contribution in [2.75, 3.05) is 44.6 Å². The zero-order chi connectivity index (χ0) is 17.5. The van der Waals surface area contributed by atoms with E-state index in [1.807, 2.05) is 0 Å². The molecule has 0 spiro atoms. The van der Waals surface area contributed by atoms with Gasteiger partial charge in [-0.2, -0.15) is 0 Å². The Hall–Kier alpha value is -1.84. The van der Waals surface area contributed by atoms with Gasteiger partial charge in [0.05, 0.1) is 36.2 Å². The van der Waals surface area contributed by atoms with Crippen molar-refractivity contribution in [3.63, 3.8) is 0 Å². The molecule has 0 radical (unpaired) electrons. The number of hydrogen-bond acceptors (Lipinski definition) is 7. The largest absolute Gasteiger partial charge is 0.748 e. The van der Waals surface area contributed by atoms with Crippen molar-refractivity contribution >= 4 is 21.7 Å². The Morgan fingerprint density at radius 1 is 1.22 bits per heavy atom. The first kappa shape index (κ1) is 19.2. The summed E-state index contributed by atoms with van der Waals surface area (Å²) in [5, 5.41) is 0. The van der Waals surface area contributed by atoms with Crippen LogP contribution in [0.25, 0.3) is 0 Å². The molecule has 9 heteroatoms. The van der Waals surface area contributed by atoms with Crippen LogP contribution in [-0.2, 0) is 19.6 Å². The van der Waals surface area contributed by atoms with Gasteiger partial charge in [-0.15, -0.1) is 0 Å². The molecule has 0 aliphatic rings. The highest BCUT2D eigenvalue weighted by atomic mass is 32.2. The fourth-order valence-electron chi connectivity index (χ4n) is 1.64. The van der Waals surface area contributed by atoms with Gasteiger partial charge in [-0.3, -0.25) is 4.79 Å². The number of nitrogens with zero attached hydrogens (tertiary/aromatic N) is 1. The van der Waals surface area contributed by atoms with E-state index in [0.29, 0.717) is 17.2 Å². The molecule has 0 aliphatic heterocycles. The van der Waals surface area contributed by atoms with Crippen LogP contribution in [0.15, 0.2) is 18.2 Å². The van der Waals surface area contributed by atoms with E-state index in [9.17, 15) is 17.8 Å². The molecule has 1 rings (SSSR count). The van der Waals surface area contributed by atoms with Crippen molar-refractivity contribution in [2.45, 2.75) is 6.92 Å². The zero-order valence-electron chi connectivity index (χ0n) is 13.3. The van der Waals surface area contributed by atoms with Crippen molar-refractivity contribution in [2.24, 2.45) is 0 Å². The summed E-state index contributed by atoms with van der Waals surface area (Å²) in [7, 11) is -1.13. The average Bonchev–Trinajstić information content (AvgIpc) is 2.48.